The molecule has 1 saturated heterocycles. The second kappa shape index (κ2) is 9.70. The highest BCUT2D eigenvalue weighted by Gasteiger charge is 2.34. The number of thioether (sulfide) groups is 1. The van der Waals surface area contributed by atoms with E-state index in [1.165, 1.54) is 0 Å². The molecule has 0 bridgehead atoms. The van der Waals surface area contributed by atoms with Crippen molar-refractivity contribution in [3.63, 3.8) is 0 Å². The molecule has 1 aliphatic heterocycles. The van der Waals surface area contributed by atoms with Crippen LogP contribution in [0.15, 0.2) is 59.9 Å². The predicted molar refractivity (Wildman–Crippen MR) is 108 cm³/mol. The lowest BCUT2D eigenvalue weighted by atomic mass is 10.2. The van der Waals surface area contributed by atoms with Crippen LogP contribution >= 0.6 is 11.8 Å². The summed E-state index contributed by atoms with van der Waals surface area (Å²) in [6, 6.07) is 9.67. The van der Waals surface area contributed by atoms with Gasteiger partial charge in [0.25, 0.3) is 11.1 Å². The van der Waals surface area contributed by atoms with Gasteiger partial charge in [-0.15, -0.1) is 0 Å². The molecule has 3 amide bonds. The highest BCUT2D eigenvalue weighted by atomic mass is 32.2. The maximum absolute atomic E-state index is 12.4. The van der Waals surface area contributed by atoms with E-state index in [4.69, 9.17) is 0 Å². The molecule has 1 aromatic carbocycles. The third-order valence-electron chi connectivity index (χ3n) is 4.04. The van der Waals surface area contributed by atoms with Gasteiger partial charge in [0.1, 0.15) is 0 Å². The molecular weight excluding hydrogens is 376 g/mol. The van der Waals surface area contributed by atoms with Crippen LogP contribution in [0, 0.1) is 0 Å². The summed E-state index contributed by atoms with van der Waals surface area (Å²) in [4.78, 5) is 44.7. The molecular formula is C20H20N4O3S. The van der Waals surface area contributed by atoms with Crippen molar-refractivity contribution >= 4 is 34.9 Å². The Hall–Kier alpha value is -3.13. The summed E-state index contributed by atoms with van der Waals surface area (Å²) < 4.78 is 0. The first-order chi connectivity index (χ1) is 13.6. The monoisotopic (exact) mass is 396 g/mol. The molecule has 0 atom stereocenters. The molecule has 3 rings (SSSR count). The van der Waals surface area contributed by atoms with Gasteiger partial charge in [0.15, 0.2) is 0 Å². The van der Waals surface area contributed by atoms with Crippen LogP contribution in [0.2, 0.25) is 0 Å². The molecule has 0 saturated carbocycles. The van der Waals surface area contributed by atoms with E-state index in [0.29, 0.717) is 17.9 Å². The summed E-state index contributed by atoms with van der Waals surface area (Å²) in [7, 11) is 0. The number of nitrogens with one attached hydrogen (secondary N) is 2. The Morgan fingerprint density at radius 1 is 1.25 bits per heavy atom. The molecule has 7 nitrogen and oxygen atoms in total. The van der Waals surface area contributed by atoms with Crippen molar-refractivity contribution < 1.29 is 14.4 Å². The van der Waals surface area contributed by atoms with Gasteiger partial charge in [0.05, 0.1) is 11.2 Å². The lowest BCUT2D eigenvalue weighted by molar-refractivity contribution is -0.124. The summed E-state index contributed by atoms with van der Waals surface area (Å²) >= 11 is 0.889. The SMILES string of the molecule is O=C(CCN1C(=O)SC(=CC=Cc2ccccc2)C1=O)NCCc1cnc[nH]1. The van der Waals surface area contributed by atoms with E-state index in [1.54, 1.807) is 24.7 Å². The number of H-pyrrole nitrogens is 1. The molecule has 1 fully saturated rings. The second-order valence-corrected chi connectivity index (χ2v) is 7.05. The number of imide groups is 1. The molecule has 0 radical (unpaired) electrons. The third kappa shape index (κ3) is 5.43. The number of carbonyl (C=O) groups excluding carboxylic acids is 3. The van der Waals surface area contributed by atoms with Crippen molar-refractivity contribution in [1.29, 1.82) is 0 Å². The van der Waals surface area contributed by atoms with Crippen LogP contribution < -0.4 is 5.32 Å². The van der Waals surface area contributed by atoms with Crippen LogP contribution in [0.1, 0.15) is 17.7 Å². The van der Waals surface area contributed by atoms with E-state index in [0.717, 1.165) is 27.9 Å². The number of rotatable bonds is 8. The predicted octanol–water partition coefficient (Wildman–Crippen LogP) is 2.75. The second-order valence-electron chi connectivity index (χ2n) is 6.05. The standard InChI is InChI=1S/C20H20N4O3S/c25-18(22-11-9-16-13-21-14-23-16)10-12-24-19(26)17(28-20(24)27)8-4-7-15-5-2-1-3-6-15/h1-8,13-14H,9-12H2,(H,21,23)(H,22,25). The minimum Gasteiger partial charge on any atom is -0.356 e. The van der Waals surface area contributed by atoms with Gasteiger partial charge in [-0.05, 0) is 23.4 Å². The highest BCUT2D eigenvalue weighted by molar-refractivity contribution is 8.18. The van der Waals surface area contributed by atoms with Crippen LogP contribution in [-0.4, -0.2) is 45.0 Å². The normalized spacial score (nSPS) is 15.7. The van der Waals surface area contributed by atoms with Gasteiger partial charge in [-0.3, -0.25) is 19.3 Å². The minimum atomic E-state index is -0.363. The Balaban J connectivity index is 1.46. The Morgan fingerprint density at radius 3 is 2.82 bits per heavy atom. The lowest BCUT2D eigenvalue weighted by Gasteiger charge is -2.12. The first kappa shape index (κ1) is 19.6. The molecule has 0 unspecified atom stereocenters. The number of hydrogen-bond acceptors (Lipinski definition) is 5. The summed E-state index contributed by atoms with van der Waals surface area (Å²) in [5.41, 5.74) is 1.93. The average Bonchev–Trinajstić information content (AvgIpc) is 3.30. The van der Waals surface area contributed by atoms with Crippen LogP contribution in [0.25, 0.3) is 6.08 Å². The third-order valence-corrected chi connectivity index (χ3v) is 4.97. The zero-order valence-corrected chi connectivity index (χ0v) is 15.9. The van der Waals surface area contributed by atoms with Gasteiger partial charge >= 0.3 is 0 Å². The Morgan fingerprint density at radius 2 is 2.07 bits per heavy atom. The maximum atomic E-state index is 12.4. The fourth-order valence-electron chi connectivity index (χ4n) is 2.58. The Kier molecular flexibility index (Phi) is 6.80. The Bertz CT molecular complexity index is 891. The largest absolute Gasteiger partial charge is 0.356 e. The molecule has 28 heavy (non-hydrogen) atoms. The van der Waals surface area contributed by atoms with Gasteiger partial charge in [0, 0.05) is 37.8 Å². The zero-order chi connectivity index (χ0) is 19.8. The van der Waals surface area contributed by atoms with Crippen LogP contribution in [0.5, 0.6) is 0 Å². The van der Waals surface area contributed by atoms with E-state index in [1.807, 2.05) is 36.4 Å². The number of allylic oxidation sites excluding steroid dienone is 2. The smallest absolute Gasteiger partial charge is 0.293 e. The number of amides is 3. The van der Waals surface area contributed by atoms with E-state index in [2.05, 4.69) is 15.3 Å². The van der Waals surface area contributed by atoms with E-state index < -0.39 is 0 Å². The van der Waals surface area contributed by atoms with Crippen molar-refractivity contribution in [2.24, 2.45) is 0 Å². The fraction of sp³-hybridized carbons (Fsp3) is 0.200. The Labute approximate surface area is 166 Å². The zero-order valence-electron chi connectivity index (χ0n) is 15.1. The van der Waals surface area contributed by atoms with Gasteiger partial charge in [0.2, 0.25) is 5.91 Å². The number of carbonyl (C=O) groups is 3. The molecule has 0 spiro atoms. The summed E-state index contributed by atoms with van der Waals surface area (Å²) in [6.45, 7) is 0.535. The van der Waals surface area contributed by atoms with E-state index in [9.17, 15) is 14.4 Å². The van der Waals surface area contributed by atoms with Crippen molar-refractivity contribution in [1.82, 2.24) is 20.2 Å². The summed E-state index contributed by atoms with van der Waals surface area (Å²) in [5.74, 6) is -0.565. The molecule has 2 heterocycles. The van der Waals surface area contributed by atoms with Crippen molar-refractivity contribution in [2.45, 2.75) is 12.8 Å². The van der Waals surface area contributed by atoms with Crippen LogP contribution in [0.4, 0.5) is 4.79 Å². The van der Waals surface area contributed by atoms with Crippen LogP contribution in [-0.2, 0) is 16.0 Å². The van der Waals surface area contributed by atoms with Crippen molar-refractivity contribution in [3.8, 4) is 0 Å². The molecule has 1 aromatic heterocycles. The van der Waals surface area contributed by atoms with Crippen molar-refractivity contribution in [2.75, 3.05) is 13.1 Å². The number of aromatic nitrogens is 2. The average molecular weight is 396 g/mol. The quantitative estimate of drug-likeness (QED) is 0.669. The maximum Gasteiger partial charge on any atom is 0.293 e. The molecule has 2 aromatic rings. The van der Waals surface area contributed by atoms with E-state index >= 15 is 0 Å². The first-order valence-electron chi connectivity index (χ1n) is 8.84. The first-order valence-corrected chi connectivity index (χ1v) is 9.66. The van der Waals surface area contributed by atoms with Gasteiger partial charge in [-0.25, -0.2) is 4.98 Å². The molecule has 2 N–H and O–H groups in total. The molecule has 1 aliphatic rings. The summed E-state index contributed by atoms with van der Waals surface area (Å²) in [5, 5.41) is 2.42. The summed E-state index contributed by atoms with van der Waals surface area (Å²) in [6.07, 6.45) is 9.24. The molecule has 8 heteroatoms. The minimum absolute atomic E-state index is 0.0697. The van der Waals surface area contributed by atoms with Gasteiger partial charge in [-0.2, -0.15) is 0 Å². The van der Waals surface area contributed by atoms with Crippen molar-refractivity contribution in [3.05, 3.63) is 71.2 Å². The fourth-order valence-corrected chi connectivity index (χ4v) is 3.39. The van der Waals surface area contributed by atoms with E-state index in [-0.39, 0.29) is 30.0 Å². The highest BCUT2D eigenvalue weighted by Crippen LogP contribution is 2.30. The lowest BCUT2D eigenvalue weighted by Crippen LogP contribution is -2.34. The number of imidazole rings is 1. The number of benzene rings is 1. The topological polar surface area (TPSA) is 95.2 Å². The number of nitrogens with zero attached hydrogens (tertiary/aromatic N) is 2. The van der Waals surface area contributed by atoms with Crippen LogP contribution in [0.3, 0.4) is 0 Å². The molecule has 144 valence electrons. The van der Waals surface area contributed by atoms with Gasteiger partial charge < -0.3 is 10.3 Å². The number of hydrogen-bond donors (Lipinski definition) is 2. The van der Waals surface area contributed by atoms with Gasteiger partial charge in [-0.1, -0.05) is 42.5 Å². The number of aromatic amines is 1. The molecule has 0 aliphatic carbocycles.